The van der Waals surface area contributed by atoms with Crippen molar-refractivity contribution in [2.75, 3.05) is 32.8 Å². The number of nitrogens with zero attached hydrogens (tertiary/aromatic N) is 1. The molecule has 1 saturated heterocycles. The molecule has 2 rings (SSSR count). The van der Waals surface area contributed by atoms with Crippen LogP contribution >= 0.6 is 23.2 Å². The second kappa shape index (κ2) is 10.7. The Labute approximate surface area is 162 Å². The molecule has 1 fully saturated rings. The average molecular weight is 407 g/mol. The molecule has 1 aliphatic heterocycles. The van der Waals surface area contributed by atoms with Crippen LogP contribution in [0.2, 0.25) is 10.0 Å². The van der Waals surface area contributed by atoms with Gasteiger partial charge in [0.2, 0.25) is 0 Å². The van der Waals surface area contributed by atoms with Crippen molar-refractivity contribution in [3.05, 3.63) is 33.8 Å². The average Bonchev–Trinajstić information content (AvgIpc) is 2.59. The van der Waals surface area contributed by atoms with Crippen molar-refractivity contribution in [3.8, 4) is 0 Å². The third-order valence-electron chi connectivity index (χ3n) is 3.92. The van der Waals surface area contributed by atoms with Crippen molar-refractivity contribution < 1.29 is 24.5 Å². The van der Waals surface area contributed by atoms with Gasteiger partial charge in [0.1, 0.15) is 0 Å². The minimum Gasteiger partial charge on any atom is -0.473 e. The summed E-state index contributed by atoms with van der Waals surface area (Å²) < 4.78 is 5.40. The van der Waals surface area contributed by atoms with Crippen molar-refractivity contribution in [2.45, 2.75) is 25.9 Å². The van der Waals surface area contributed by atoms with E-state index in [2.05, 4.69) is 24.1 Å². The van der Waals surface area contributed by atoms with Crippen LogP contribution in [0.5, 0.6) is 0 Å². The van der Waals surface area contributed by atoms with Crippen LogP contribution in [0.25, 0.3) is 0 Å². The number of benzene rings is 1. The van der Waals surface area contributed by atoms with Crippen LogP contribution in [0.3, 0.4) is 0 Å². The van der Waals surface area contributed by atoms with Crippen molar-refractivity contribution in [3.63, 3.8) is 0 Å². The fourth-order valence-corrected chi connectivity index (χ4v) is 2.76. The number of carbonyl (C=O) groups is 2. The highest BCUT2D eigenvalue weighted by molar-refractivity contribution is 6.42. The van der Waals surface area contributed by atoms with Crippen LogP contribution in [-0.2, 0) is 20.9 Å². The van der Waals surface area contributed by atoms with Gasteiger partial charge in [-0.15, -0.1) is 0 Å². The fourth-order valence-electron chi connectivity index (χ4n) is 2.44. The highest BCUT2D eigenvalue weighted by atomic mass is 35.5. The van der Waals surface area contributed by atoms with Gasteiger partial charge in [-0.05, 0) is 31.5 Å². The van der Waals surface area contributed by atoms with Crippen LogP contribution in [-0.4, -0.2) is 65.4 Å². The number of rotatable bonds is 5. The first kappa shape index (κ1) is 22.7. The highest BCUT2D eigenvalue weighted by Gasteiger charge is 2.27. The Morgan fingerprint density at radius 3 is 2.23 bits per heavy atom. The number of hydrogen-bond donors (Lipinski definition) is 3. The summed E-state index contributed by atoms with van der Waals surface area (Å²) in [5, 5.41) is 19.5. The Morgan fingerprint density at radius 1 is 1.15 bits per heavy atom. The van der Waals surface area contributed by atoms with Gasteiger partial charge in [0, 0.05) is 31.7 Å². The molecule has 0 aromatic heterocycles. The number of carboxylic acid groups (broad SMARTS) is 2. The van der Waals surface area contributed by atoms with Crippen molar-refractivity contribution in [1.82, 2.24) is 10.2 Å². The SMILES string of the molecule is CC(C)(CNCc1ccc(Cl)c(Cl)c1)N1CCOCC1.O=C(O)C(=O)O. The first-order valence-corrected chi connectivity index (χ1v) is 8.83. The van der Waals surface area contributed by atoms with Gasteiger partial charge in [-0.25, -0.2) is 9.59 Å². The second-order valence-electron chi connectivity index (χ2n) is 6.37. The Balaban J connectivity index is 0.000000487. The Hall–Kier alpha value is -1.38. The van der Waals surface area contributed by atoms with Gasteiger partial charge in [-0.3, -0.25) is 4.90 Å². The molecule has 146 valence electrons. The van der Waals surface area contributed by atoms with E-state index in [9.17, 15) is 0 Å². The summed E-state index contributed by atoms with van der Waals surface area (Å²) in [7, 11) is 0. The van der Waals surface area contributed by atoms with Crippen molar-refractivity contribution in [2.24, 2.45) is 0 Å². The van der Waals surface area contributed by atoms with Crippen LogP contribution in [0.15, 0.2) is 18.2 Å². The number of carboxylic acids is 2. The standard InChI is InChI=1S/C15H22Cl2N2O.C2H2O4/c1-15(2,19-5-7-20-8-6-19)11-18-10-12-3-4-13(16)14(17)9-12;3-1(4)2(5)6/h3-4,9,18H,5-8,10-11H2,1-2H3;(H,3,4)(H,5,6). The maximum absolute atomic E-state index is 9.10. The van der Waals surface area contributed by atoms with E-state index >= 15 is 0 Å². The molecule has 1 aromatic rings. The number of morpholine rings is 1. The number of halogens is 2. The number of aliphatic carboxylic acids is 2. The zero-order valence-corrected chi connectivity index (χ0v) is 16.3. The molecule has 7 nitrogen and oxygen atoms in total. The first-order chi connectivity index (χ1) is 12.1. The van der Waals surface area contributed by atoms with Gasteiger partial charge < -0.3 is 20.3 Å². The molecule has 1 aliphatic rings. The lowest BCUT2D eigenvalue weighted by molar-refractivity contribution is -0.159. The van der Waals surface area contributed by atoms with E-state index in [-0.39, 0.29) is 5.54 Å². The van der Waals surface area contributed by atoms with Crippen LogP contribution in [0, 0.1) is 0 Å². The molecule has 0 saturated carbocycles. The predicted octanol–water partition coefficient (Wildman–Crippen LogP) is 2.35. The summed E-state index contributed by atoms with van der Waals surface area (Å²) in [6.07, 6.45) is 0. The molecule has 0 bridgehead atoms. The maximum atomic E-state index is 9.10. The topological polar surface area (TPSA) is 99.1 Å². The summed E-state index contributed by atoms with van der Waals surface area (Å²) in [5.74, 6) is -3.65. The predicted molar refractivity (Wildman–Crippen MR) is 99.9 cm³/mol. The molecule has 0 atom stereocenters. The Kier molecular flexibility index (Phi) is 9.32. The molecule has 0 aliphatic carbocycles. The van der Waals surface area contributed by atoms with E-state index in [1.54, 1.807) is 0 Å². The number of ether oxygens (including phenoxy) is 1. The fraction of sp³-hybridized carbons (Fsp3) is 0.529. The van der Waals surface area contributed by atoms with E-state index in [1.165, 1.54) is 0 Å². The summed E-state index contributed by atoms with van der Waals surface area (Å²) in [5.41, 5.74) is 1.28. The molecule has 0 radical (unpaired) electrons. The molecular weight excluding hydrogens is 383 g/mol. The van der Waals surface area contributed by atoms with E-state index in [0.717, 1.165) is 45.0 Å². The Morgan fingerprint density at radius 2 is 1.73 bits per heavy atom. The monoisotopic (exact) mass is 406 g/mol. The maximum Gasteiger partial charge on any atom is 0.414 e. The van der Waals surface area contributed by atoms with Gasteiger partial charge in [-0.1, -0.05) is 29.3 Å². The van der Waals surface area contributed by atoms with E-state index < -0.39 is 11.9 Å². The summed E-state index contributed by atoms with van der Waals surface area (Å²) >= 11 is 11.9. The van der Waals surface area contributed by atoms with Crippen LogP contribution in [0.4, 0.5) is 0 Å². The van der Waals surface area contributed by atoms with Gasteiger partial charge in [0.25, 0.3) is 0 Å². The van der Waals surface area contributed by atoms with Gasteiger partial charge >= 0.3 is 11.9 Å². The van der Waals surface area contributed by atoms with Crippen LogP contribution in [0.1, 0.15) is 19.4 Å². The molecule has 0 spiro atoms. The van der Waals surface area contributed by atoms with E-state index in [1.807, 2.05) is 18.2 Å². The van der Waals surface area contributed by atoms with Crippen LogP contribution < -0.4 is 5.32 Å². The quantitative estimate of drug-likeness (QED) is 0.645. The molecule has 0 amide bonds. The van der Waals surface area contributed by atoms with E-state index in [0.29, 0.717) is 10.0 Å². The lowest BCUT2D eigenvalue weighted by Gasteiger charge is -2.41. The molecule has 3 N–H and O–H groups in total. The zero-order valence-electron chi connectivity index (χ0n) is 14.8. The van der Waals surface area contributed by atoms with E-state index in [4.69, 9.17) is 47.7 Å². The summed E-state index contributed by atoms with van der Waals surface area (Å²) in [6.45, 7) is 9.91. The highest BCUT2D eigenvalue weighted by Crippen LogP contribution is 2.22. The largest absolute Gasteiger partial charge is 0.473 e. The Bertz CT molecular complexity index is 607. The molecule has 1 heterocycles. The lowest BCUT2D eigenvalue weighted by atomic mass is 10.0. The van der Waals surface area contributed by atoms with Crippen molar-refractivity contribution in [1.29, 1.82) is 0 Å². The van der Waals surface area contributed by atoms with Crippen molar-refractivity contribution >= 4 is 35.1 Å². The minimum absolute atomic E-state index is 0.125. The second-order valence-corrected chi connectivity index (χ2v) is 7.19. The normalized spacial score (nSPS) is 15.1. The molecule has 26 heavy (non-hydrogen) atoms. The summed E-state index contributed by atoms with van der Waals surface area (Å²) in [4.78, 5) is 20.7. The molecular formula is C17H24Cl2N2O5. The molecule has 0 unspecified atom stereocenters. The number of nitrogens with one attached hydrogen (secondary N) is 1. The first-order valence-electron chi connectivity index (χ1n) is 8.07. The summed E-state index contributed by atoms with van der Waals surface area (Å²) in [6, 6.07) is 5.76. The third-order valence-corrected chi connectivity index (χ3v) is 4.66. The molecule has 1 aromatic carbocycles. The smallest absolute Gasteiger partial charge is 0.414 e. The van der Waals surface area contributed by atoms with Gasteiger partial charge in [-0.2, -0.15) is 0 Å². The molecule has 9 heteroatoms. The minimum atomic E-state index is -1.82. The number of hydrogen-bond acceptors (Lipinski definition) is 5. The third kappa shape index (κ3) is 7.88. The lowest BCUT2D eigenvalue weighted by Crippen LogP contribution is -2.54. The van der Waals surface area contributed by atoms with Gasteiger partial charge in [0.05, 0.1) is 23.3 Å². The zero-order chi connectivity index (χ0) is 19.7. The van der Waals surface area contributed by atoms with Gasteiger partial charge in [0.15, 0.2) is 0 Å².